The number of aryl methyl sites for hydroxylation is 2. The van der Waals surface area contributed by atoms with Crippen molar-refractivity contribution in [1.29, 1.82) is 0 Å². The molecule has 27 heavy (non-hydrogen) atoms. The average molecular weight is 361 g/mol. The Morgan fingerprint density at radius 3 is 2.48 bits per heavy atom. The number of fused-ring (bicyclic) bond motifs is 2. The Labute approximate surface area is 160 Å². The molecule has 0 saturated heterocycles. The van der Waals surface area contributed by atoms with Gasteiger partial charge in [0.1, 0.15) is 5.82 Å². The Balaban J connectivity index is 1.74. The van der Waals surface area contributed by atoms with Crippen LogP contribution in [-0.2, 0) is 18.5 Å². The largest absolute Gasteiger partial charge is 0.328 e. The summed E-state index contributed by atoms with van der Waals surface area (Å²) in [5.74, 6) is 1.13. The lowest BCUT2D eigenvalue weighted by Crippen LogP contribution is -2.20. The van der Waals surface area contributed by atoms with Crippen LogP contribution in [0.5, 0.6) is 0 Å². The molecule has 0 aliphatic heterocycles. The molecule has 0 bridgehead atoms. The summed E-state index contributed by atoms with van der Waals surface area (Å²) in [4.78, 5) is 9.59. The van der Waals surface area contributed by atoms with Gasteiger partial charge in [0.2, 0.25) is 0 Å². The summed E-state index contributed by atoms with van der Waals surface area (Å²) in [7, 11) is 0. The Kier molecular flexibility index (Phi) is 4.29. The smallest absolute Gasteiger partial charge is 0.114 e. The summed E-state index contributed by atoms with van der Waals surface area (Å²) in [6.07, 6.45) is 3.87. The SMILES string of the molecule is CCCn1c(Cc2ccc3c(c2)ncn3C(C)(C)C)nc2cc(C)ccc21. The van der Waals surface area contributed by atoms with Gasteiger partial charge in [0.05, 0.1) is 28.4 Å². The molecule has 4 nitrogen and oxygen atoms in total. The molecule has 2 heterocycles. The molecule has 0 unspecified atom stereocenters. The van der Waals surface area contributed by atoms with Crippen LogP contribution >= 0.6 is 0 Å². The molecule has 0 atom stereocenters. The van der Waals surface area contributed by atoms with Gasteiger partial charge < -0.3 is 9.13 Å². The second-order valence-electron chi connectivity index (χ2n) is 8.46. The predicted molar refractivity (Wildman–Crippen MR) is 112 cm³/mol. The molecule has 0 radical (unpaired) electrons. The monoisotopic (exact) mass is 360 g/mol. The zero-order valence-corrected chi connectivity index (χ0v) is 17.0. The third-order valence-corrected chi connectivity index (χ3v) is 5.13. The van der Waals surface area contributed by atoms with Crippen LogP contribution in [-0.4, -0.2) is 19.1 Å². The summed E-state index contributed by atoms with van der Waals surface area (Å²) in [5, 5.41) is 0. The molecule has 0 amide bonds. The van der Waals surface area contributed by atoms with E-state index >= 15 is 0 Å². The number of imidazole rings is 2. The van der Waals surface area contributed by atoms with Crippen molar-refractivity contribution >= 4 is 22.1 Å². The van der Waals surface area contributed by atoms with Crippen molar-refractivity contribution in [2.24, 2.45) is 0 Å². The molecular weight excluding hydrogens is 332 g/mol. The molecule has 0 spiro atoms. The van der Waals surface area contributed by atoms with E-state index in [0.29, 0.717) is 0 Å². The number of nitrogens with zero attached hydrogens (tertiary/aromatic N) is 4. The number of hydrogen-bond donors (Lipinski definition) is 0. The zero-order valence-electron chi connectivity index (χ0n) is 17.0. The molecule has 0 aliphatic rings. The van der Waals surface area contributed by atoms with Gasteiger partial charge in [-0.05, 0) is 69.5 Å². The molecule has 0 aliphatic carbocycles. The Bertz CT molecular complexity index is 1110. The highest BCUT2D eigenvalue weighted by Crippen LogP contribution is 2.25. The number of rotatable bonds is 4. The van der Waals surface area contributed by atoms with Crippen LogP contribution in [0.15, 0.2) is 42.7 Å². The number of aromatic nitrogens is 4. The van der Waals surface area contributed by atoms with E-state index in [1.807, 2.05) is 6.33 Å². The van der Waals surface area contributed by atoms with E-state index in [0.717, 1.165) is 36.2 Å². The van der Waals surface area contributed by atoms with E-state index in [1.165, 1.54) is 22.2 Å². The lowest BCUT2D eigenvalue weighted by Gasteiger charge is -2.21. The van der Waals surface area contributed by atoms with Crippen LogP contribution in [0.2, 0.25) is 0 Å². The van der Waals surface area contributed by atoms with E-state index in [2.05, 4.69) is 85.1 Å². The third-order valence-electron chi connectivity index (χ3n) is 5.13. The minimum atomic E-state index is 0.0310. The highest BCUT2D eigenvalue weighted by atomic mass is 15.1. The first kappa shape index (κ1) is 17.8. The maximum atomic E-state index is 4.95. The molecule has 2 aromatic heterocycles. The van der Waals surface area contributed by atoms with Gasteiger partial charge in [-0.1, -0.05) is 19.1 Å². The number of hydrogen-bond acceptors (Lipinski definition) is 2. The van der Waals surface area contributed by atoms with Crippen LogP contribution < -0.4 is 0 Å². The van der Waals surface area contributed by atoms with Gasteiger partial charge >= 0.3 is 0 Å². The van der Waals surface area contributed by atoms with E-state index in [1.54, 1.807) is 0 Å². The topological polar surface area (TPSA) is 35.6 Å². The van der Waals surface area contributed by atoms with Crippen LogP contribution in [0, 0.1) is 6.92 Å². The van der Waals surface area contributed by atoms with Gasteiger partial charge in [0.15, 0.2) is 0 Å². The molecule has 4 heteroatoms. The minimum Gasteiger partial charge on any atom is -0.328 e. The van der Waals surface area contributed by atoms with E-state index < -0.39 is 0 Å². The second-order valence-corrected chi connectivity index (χ2v) is 8.46. The van der Waals surface area contributed by atoms with Crippen molar-refractivity contribution in [1.82, 2.24) is 19.1 Å². The Hall–Kier alpha value is -2.62. The first-order chi connectivity index (χ1) is 12.9. The summed E-state index contributed by atoms with van der Waals surface area (Å²) < 4.78 is 4.61. The fraction of sp³-hybridized carbons (Fsp3) is 0.391. The van der Waals surface area contributed by atoms with Crippen LogP contribution in [0.4, 0.5) is 0 Å². The van der Waals surface area contributed by atoms with Gasteiger partial charge in [0.25, 0.3) is 0 Å². The van der Waals surface area contributed by atoms with Gasteiger partial charge in [0, 0.05) is 18.5 Å². The molecule has 140 valence electrons. The van der Waals surface area contributed by atoms with Gasteiger partial charge in [-0.15, -0.1) is 0 Å². The summed E-state index contributed by atoms with van der Waals surface area (Å²) in [6.45, 7) is 12.0. The Morgan fingerprint density at radius 1 is 0.963 bits per heavy atom. The van der Waals surface area contributed by atoms with Gasteiger partial charge in [-0.3, -0.25) is 0 Å². The minimum absolute atomic E-state index is 0.0310. The van der Waals surface area contributed by atoms with Crippen LogP contribution in [0.25, 0.3) is 22.1 Å². The highest BCUT2D eigenvalue weighted by Gasteiger charge is 2.17. The fourth-order valence-electron chi connectivity index (χ4n) is 3.78. The van der Waals surface area contributed by atoms with Crippen molar-refractivity contribution in [2.75, 3.05) is 0 Å². The summed E-state index contributed by atoms with van der Waals surface area (Å²) >= 11 is 0. The highest BCUT2D eigenvalue weighted by molar-refractivity contribution is 5.78. The fourth-order valence-corrected chi connectivity index (χ4v) is 3.78. The van der Waals surface area contributed by atoms with Crippen molar-refractivity contribution in [2.45, 2.75) is 59.5 Å². The lowest BCUT2D eigenvalue weighted by molar-refractivity contribution is 0.408. The van der Waals surface area contributed by atoms with Crippen molar-refractivity contribution in [3.05, 3.63) is 59.7 Å². The average Bonchev–Trinajstić information content (AvgIpc) is 3.16. The second kappa shape index (κ2) is 6.52. The van der Waals surface area contributed by atoms with Gasteiger partial charge in [-0.25, -0.2) is 9.97 Å². The maximum absolute atomic E-state index is 4.95. The molecule has 4 rings (SSSR count). The van der Waals surface area contributed by atoms with E-state index in [4.69, 9.17) is 4.98 Å². The normalized spacial score (nSPS) is 12.3. The van der Waals surface area contributed by atoms with Crippen molar-refractivity contribution in [3.63, 3.8) is 0 Å². The summed E-state index contributed by atoms with van der Waals surface area (Å²) in [6, 6.07) is 13.2. The van der Waals surface area contributed by atoms with Crippen molar-refractivity contribution in [3.8, 4) is 0 Å². The first-order valence-corrected chi connectivity index (χ1v) is 9.79. The van der Waals surface area contributed by atoms with E-state index in [-0.39, 0.29) is 5.54 Å². The molecule has 0 N–H and O–H groups in total. The quantitative estimate of drug-likeness (QED) is 0.485. The molecule has 0 fully saturated rings. The molecular formula is C23H28N4. The number of benzene rings is 2. The van der Waals surface area contributed by atoms with Crippen molar-refractivity contribution < 1.29 is 0 Å². The van der Waals surface area contributed by atoms with Crippen LogP contribution in [0.3, 0.4) is 0 Å². The molecule has 0 saturated carbocycles. The standard InChI is InChI=1S/C23H28N4/c1-6-11-26-20-9-7-16(2)12-19(20)25-22(26)14-17-8-10-21-18(13-17)24-15-27(21)23(3,4)5/h7-10,12-13,15H,6,11,14H2,1-5H3. The van der Waals surface area contributed by atoms with Crippen LogP contribution in [0.1, 0.15) is 51.1 Å². The first-order valence-electron chi connectivity index (χ1n) is 9.79. The van der Waals surface area contributed by atoms with E-state index in [9.17, 15) is 0 Å². The maximum Gasteiger partial charge on any atom is 0.114 e. The zero-order chi connectivity index (χ0) is 19.2. The lowest BCUT2D eigenvalue weighted by atomic mass is 10.1. The molecule has 2 aromatic carbocycles. The summed E-state index contributed by atoms with van der Waals surface area (Å²) in [5.41, 5.74) is 7.10. The predicted octanol–water partition coefficient (Wildman–Crippen LogP) is 5.45. The third kappa shape index (κ3) is 3.25. The Morgan fingerprint density at radius 2 is 1.74 bits per heavy atom. The molecule has 4 aromatic rings. The van der Waals surface area contributed by atoms with Gasteiger partial charge in [-0.2, -0.15) is 0 Å².